The second kappa shape index (κ2) is 12.6. The van der Waals surface area contributed by atoms with E-state index in [1.807, 2.05) is 0 Å². The first-order valence-corrected chi connectivity index (χ1v) is 21.5. The number of furan rings is 1. The third-order valence-electron chi connectivity index (χ3n) is 10.2. The number of nitrogens with zero attached hydrogens (tertiary/aromatic N) is 2. The summed E-state index contributed by atoms with van der Waals surface area (Å²) in [6, 6.07) is 61.3. The molecule has 0 radical (unpaired) electrons. The van der Waals surface area contributed by atoms with Crippen LogP contribution in [0.1, 0.15) is 5.56 Å². The van der Waals surface area contributed by atoms with Gasteiger partial charge in [0.15, 0.2) is 0 Å². The zero-order chi connectivity index (χ0) is 35.4. The predicted molar refractivity (Wildman–Crippen MR) is 226 cm³/mol. The van der Waals surface area contributed by atoms with Gasteiger partial charge in [0.1, 0.15) is 11.2 Å². The van der Waals surface area contributed by atoms with Crippen LogP contribution in [0.3, 0.4) is 0 Å². The van der Waals surface area contributed by atoms with Crippen LogP contribution in [-0.4, -0.2) is 8.07 Å². The molecule has 0 fully saturated rings. The largest absolute Gasteiger partial charge is 0.456 e. The molecule has 3 nitrogen and oxygen atoms in total. The second-order valence-corrected chi connectivity index (χ2v) is 19.8. The van der Waals surface area contributed by atoms with Crippen molar-refractivity contribution >= 4 is 90.9 Å². The molecule has 0 atom stereocenters. The maximum absolute atomic E-state index is 6.67. The number of anilines is 6. The highest BCUT2D eigenvalue weighted by Gasteiger charge is 2.25. The summed E-state index contributed by atoms with van der Waals surface area (Å²) in [6.07, 6.45) is 0. The first-order chi connectivity index (χ1) is 25.3. The van der Waals surface area contributed by atoms with Crippen LogP contribution in [-0.2, 0) is 0 Å². The number of fused-ring (bicyclic) bond motifs is 5. The van der Waals surface area contributed by atoms with E-state index >= 15 is 0 Å². The Morgan fingerprint density at radius 2 is 0.865 bits per heavy atom. The maximum atomic E-state index is 6.67. The molecule has 0 aliphatic heterocycles. The van der Waals surface area contributed by atoms with Crippen molar-refractivity contribution in [2.45, 2.75) is 26.6 Å². The van der Waals surface area contributed by atoms with Crippen molar-refractivity contribution in [3.63, 3.8) is 0 Å². The van der Waals surface area contributed by atoms with E-state index in [0.717, 1.165) is 55.5 Å². The van der Waals surface area contributed by atoms with Crippen molar-refractivity contribution in [1.29, 1.82) is 0 Å². The Balaban J connectivity index is 1.17. The molecule has 4 heteroatoms. The molecular formula is C48H40N2OSi. The molecule has 0 bridgehead atoms. The Hall–Kier alpha value is -6.10. The highest BCUT2D eigenvalue weighted by molar-refractivity contribution is 6.89. The third-order valence-corrected chi connectivity index (χ3v) is 12.2. The number of hydrogen-bond acceptors (Lipinski definition) is 3. The lowest BCUT2D eigenvalue weighted by Crippen LogP contribution is -2.40. The van der Waals surface area contributed by atoms with E-state index < -0.39 is 8.07 Å². The van der Waals surface area contributed by atoms with E-state index in [9.17, 15) is 0 Å². The van der Waals surface area contributed by atoms with Crippen LogP contribution < -0.4 is 15.0 Å². The normalized spacial score (nSPS) is 11.8. The minimum absolute atomic E-state index is 0.896. The molecule has 252 valence electrons. The molecule has 0 N–H and O–H groups in total. The van der Waals surface area contributed by atoms with Crippen molar-refractivity contribution < 1.29 is 4.42 Å². The molecule has 9 rings (SSSR count). The predicted octanol–water partition coefficient (Wildman–Crippen LogP) is 13.7. The highest BCUT2D eigenvalue weighted by atomic mass is 28.3. The summed E-state index contributed by atoms with van der Waals surface area (Å²) >= 11 is 0. The number of hydrogen-bond donors (Lipinski definition) is 0. The van der Waals surface area contributed by atoms with Gasteiger partial charge in [-0.1, -0.05) is 105 Å². The van der Waals surface area contributed by atoms with E-state index in [2.05, 4.69) is 206 Å². The molecule has 0 spiro atoms. The highest BCUT2D eigenvalue weighted by Crippen LogP contribution is 2.41. The summed E-state index contributed by atoms with van der Waals surface area (Å²) < 4.78 is 6.67. The molecule has 9 aromatic rings. The van der Waals surface area contributed by atoms with Crippen LogP contribution in [0, 0.1) is 6.92 Å². The monoisotopic (exact) mass is 688 g/mol. The Labute approximate surface area is 306 Å². The van der Waals surface area contributed by atoms with Gasteiger partial charge in [-0.25, -0.2) is 0 Å². The van der Waals surface area contributed by atoms with E-state index in [0.29, 0.717) is 0 Å². The SMILES string of the molecule is Cc1ccccc1N(c1ccccc1)c1ccc2cc3c(cc2c1)oc1cc2cc(N(c4ccccc4)c4ccccc4[Si](C)(C)C)ccc2cc13. The minimum Gasteiger partial charge on any atom is -0.456 e. The van der Waals surface area contributed by atoms with Gasteiger partial charge < -0.3 is 14.2 Å². The van der Waals surface area contributed by atoms with Crippen molar-refractivity contribution in [2.75, 3.05) is 9.80 Å². The van der Waals surface area contributed by atoms with Gasteiger partial charge in [0.25, 0.3) is 0 Å². The van der Waals surface area contributed by atoms with Gasteiger partial charge in [0, 0.05) is 44.9 Å². The van der Waals surface area contributed by atoms with Crippen LogP contribution in [0.15, 0.2) is 174 Å². The van der Waals surface area contributed by atoms with E-state index in [1.54, 1.807) is 0 Å². The van der Waals surface area contributed by atoms with Gasteiger partial charge in [-0.05, 0) is 124 Å². The molecular weight excluding hydrogens is 649 g/mol. The minimum atomic E-state index is -1.64. The molecule has 0 aliphatic rings. The topological polar surface area (TPSA) is 19.6 Å². The fourth-order valence-electron chi connectivity index (χ4n) is 7.64. The summed E-state index contributed by atoms with van der Waals surface area (Å²) in [5, 5.41) is 8.38. The Morgan fingerprint density at radius 3 is 1.38 bits per heavy atom. The zero-order valence-corrected chi connectivity index (χ0v) is 31.0. The fourth-order valence-corrected chi connectivity index (χ4v) is 9.20. The molecule has 0 amide bonds. The van der Waals surface area contributed by atoms with E-state index in [1.165, 1.54) is 32.9 Å². The zero-order valence-electron chi connectivity index (χ0n) is 30.0. The number of rotatable bonds is 7. The lowest BCUT2D eigenvalue weighted by Gasteiger charge is -2.31. The molecule has 0 unspecified atom stereocenters. The van der Waals surface area contributed by atoms with Crippen LogP contribution >= 0.6 is 0 Å². The van der Waals surface area contributed by atoms with Gasteiger partial charge in [-0.2, -0.15) is 0 Å². The second-order valence-electron chi connectivity index (χ2n) is 14.8. The van der Waals surface area contributed by atoms with Crippen LogP contribution in [0.5, 0.6) is 0 Å². The van der Waals surface area contributed by atoms with Crippen LogP contribution in [0.2, 0.25) is 19.6 Å². The average molecular weight is 689 g/mol. The van der Waals surface area contributed by atoms with Crippen molar-refractivity contribution in [3.05, 3.63) is 175 Å². The fraction of sp³-hybridized carbons (Fsp3) is 0.0833. The quantitative estimate of drug-likeness (QED) is 0.155. The number of para-hydroxylation sites is 4. The lowest BCUT2D eigenvalue weighted by atomic mass is 10.0. The first kappa shape index (κ1) is 31.8. The van der Waals surface area contributed by atoms with Crippen LogP contribution in [0.4, 0.5) is 34.1 Å². The van der Waals surface area contributed by atoms with Gasteiger partial charge in [0.05, 0.1) is 8.07 Å². The van der Waals surface area contributed by atoms with Crippen molar-refractivity contribution in [1.82, 2.24) is 0 Å². The van der Waals surface area contributed by atoms with Gasteiger partial charge >= 0.3 is 0 Å². The van der Waals surface area contributed by atoms with E-state index in [4.69, 9.17) is 4.42 Å². The Kier molecular flexibility index (Phi) is 7.71. The standard InChI is InChI=1S/C48H40N2OSi/c1-33-15-11-12-20-44(33)49(38-16-7-5-8-17-38)40-25-23-34-29-42-43-30-35-24-26-41(28-37(35)32-47(43)51-46(42)31-36(34)27-40)50(39-18-9-6-10-19-39)45-21-13-14-22-48(45)52(2,3)4/h5-32H,1-4H3. The number of aryl methyl sites for hydroxylation is 1. The first-order valence-electron chi connectivity index (χ1n) is 18.0. The molecule has 0 aliphatic carbocycles. The Bertz CT molecular complexity index is 2750. The summed E-state index contributed by atoms with van der Waals surface area (Å²) in [7, 11) is -1.64. The average Bonchev–Trinajstić information content (AvgIpc) is 3.50. The maximum Gasteiger partial charge on any atom is 0.136 e. The van der Waals surface area contributed by atoms with Gasteiger partial charge in [-0.15, -0.1) is 0 Å². The van der Waals surface area contributed by atoms with Crippen LogP contribution in [0.25, 0.3) is 43.5 Å². The smallest absolute Gasteiger partial charge is 0.136 e. The summed E-state index contributed by atoms with van der Waals surface area (Å²) in [5.74, 6) is 0. The summed E-state index contributed by atoms with van der Waals surface area (Å²) in [5.41, 5.74) is 9.95. The van der Waals surface area contributed by atoms with Crippen molar-refractivity contribution in [3.8, 4) is 0 Å². The third kappa shape index (κ3) is 5.62. The summed E-state index contributed by atoms with van der Waals surface area (Å²) in [6.45, 7) is 9.42. The molecule has 0 saturated carbocycles. The molecule has 0 saturated heterocycles. The van der Waals surface area contributed by atoms with Gasteiger partial charge in [0.2, 0.25) is 0 Å². The Morgan fingerprint density at radius 1 is 0.404 bits per heavy atom. The lowest BCUT2D eigenvalue weighted by molar-refractivity contribution is 0.670. The molecule has 1 heterocycles. The number of benzene rings is 8. The molecule has 8 aromatic carbocycles. The van der Waals surface area contributed by atoms with Gasteiger partial charge in [-0.3, -0.25) is 0 Å². The van der Waals surface area contributed by atoms with Crippen molar-refractivity contribution in [2.24, 2.45) is 0 Å². The molecule has 1 aromatic heterocycles. The molecule has 52 heavy (non-hydrogen) atoms. The van der Waals surface area contributed by atoms with E-state index in [-0.39, 0.29) is 0 Å². The summed E-state index contributed by atoms with van der Waals surface area (Å²) in [4.78, 5) is 4.75.